The lowest BCUT2D eigenvalue weighted by molar-refractivity contribution is 0.00578. The first-order chi connectivity index (χ1) is 8.68. The maximum atomic E-state index is 7.32. The molecule has 2 rings (SSSR count). The summed E-state index contributed by atoms with van der Waals surface area (Å²) < 4.78 is 12.0. The van der Waals surface area contributed by atoms with Gasteiger partial charge in [-0.25, -0.2) is 0 Å². The van der Waals surface area contributed by atoms with Gasteiger partial charge in [-0.1, -0.05) is 5.56 Å². The van der Waals surface area contributed by atoms with Gasteiger partial charge in [0.2, 0.25) is 0 Å². The molecule has 0 atom stereocenters. The molecule has 1 saturated heterocycles. The highest BCUT2D eigenvalue weighted by molar-refractivity contribution is 6.62. The minimum atomic E-state index is -0.410. The standard InChI is InChI=1S/C14H21BN2O2/c1-9-6-10(8-16)12(17)7-11(9)15-18-13(2,3)14(4,5)19-15/h6-8,16H,17H2,1-5H3. The van der Waals surface area contributed by atoms with Crippen molar-refractivity contribution in [1.82, 2.24) is 0 Å². The topological polar surface area (TPSA) is 68.3 Å². The number of nitrogens with one attached hydrogen (secondary N) is 1. The molecule has 3 N–H and O–H groups in total. The van der Waals surface area contributed by atoms with Crippen LogP contribution in [0.15, 0.2) is 12.1 Å². The van der Waals surface area contributed by atoms with E-state index in [0.29, 0.717) is 5.69 Å². The van der Waals surface area contributed by atoms with E-state index in [2.05, 4.69) is 0 Å². The molecule has 1 aromatic carbocycles. The molecule has 0 saturated carbocycles. The number of hydrogen-bond donors (Lipinski definition) is 2. The molecule has 0 aromatic heterocycles. The van der Waals surface area contributed by atoms with Crippen LogP contribution in [-0.2, 0) is 9.31 Å². The zero-order valence-corrected chi connectivity index (χ0v) is 12.2. The highest BCUT2D eigenvalue weighted by Crippen LogP contribution is 2.36. The molecule has 0 bridgehead atoms. The van der Waals surface area contributed by atoms with Gasteiger partial charge < -0.3 is 20.5 Å². The fourth-order valence-corrected chi connectivity index (χ4v) is 2.11. The van der Waals surface area contributed by atoms with Crippen molar-refractivity contribution in [2.75, 3.05) is 5.73 Å². The summed E-state index contributed by atoms with van der Waals surface area (Å²) in [6.07, 6.45) is 1.26. The third-order valence-electron chi connectivity index (χ3n) is 4.13. The van der Waals surface area contributed by atoms with E-state index in [4.69, 9.17) is 20.5 Å². The quantitative estimate of drug-likeness (QED) is 0.484. The van der Waals surface area contributed by atoms with E-state index in [0.717, 1.165) is 16.6 Å². The smallest absolute Gasteiger partial charge is 0.399 e. The Labute approximate surface area is 114 Å². The Kier molecular flexibility index (Phi) is 3.23. The largest absolute Gasteiger partial charge is 0.495 e. The number of rotatable bonds is 2. The van der Waals surface area contributed by atoms with Crippen LogP contribution in [0.1, 0.15) is 38.8 Å². The van der Waals surface area contributed by atoms with Gasteiger partial charge in [0.15, 0.2) is 0 Å². The Morgan fingerprint density at radius 1 is 1.16 bits per heavy atom. The molecule has 5 heteroatoms. The first-order valence-corrected chi connectivity index (χ1v) is 6.44. The van der Waals surface area contributed by atoms with E-state index >= 15 is 0 Å². The van der Waals surface area contributed by atoms with Gasteiger partial charge in [-0.3, -0.25) is 0 Å². The predicted octanol–water partition coefficient (Wildman–Crippen LogP) is 1.87. The molecule has 1 aliphatic rings. The van der Waals surface area contributed by atoms with Gasteiger partial charge >= 0.3 is 7.12 Å². The summed E-state index contributed by atoms with van der Waals surface area (Å²) in [7, 11) is -0.410. The van der Waals surface area contributed by atoms with Gasteiger partial charge in [0, 0.05) is 17.5 Å². The van der Waals surface area contributed by atoms with Crippen molar-refractivity contribution >= 4 is 24.5 Å². The van der Waals surface area contributed by atoms with Gasteiger partial charge in [-0.2, -0.15) is 0 Å². The van der Waals surface area contributed by atoms with Crippen molar-refractivity contribution in [3.8, 4) is 0 Å². The van der Waals surface area contributed by atoms with Gasteiger partial charge in [0.25, 0.3) is 0 Å². The van der Waals surface area contributed by atoms with Crippen LogP contribution in [0.25, 0.3) is 0 Å². The van der Waals surface area contributed by atoms with E-state index in [1.807, 2.05) is 46.8 Å². The summed E-state index contributed by atoms with van der Waals surface area (Å²) in [4.78, 5) is 0. The lowest BCUT2D eigenvalue weighted by Crippen LogP contribution is -2.41. The van der Waals surface area contributed by atoms with Crippen LogP contribution in [0.4, 0.5) is 5.69 Å². The van der Waals surface area contributed by atoms with E-state index in [1.54, 1.807) is 0 Å². The molecular formula is C14H21BN2O2. The Bertz CT molecular complexity index is 510. The van der Waals surface area contributed by atoms with E-state index in [-0.39, 0.29) is 11.2 Å². The molecular weight excluding hydrogens is 239 g/mol. The van der Waals surface area contributed by atoms with Crippen LogP contribution < -0.4 is 11.2 Å². The summed E-state index contributed by atoms with van der Waals surface area (Å²) in [6.45, 7) is 10.1. The van der Waals surface area contributed by atoms with Gasteiger partial charge in [-0.05, 0) is 52.2 Å². The third kappa shape index (κ3) is 2.28. The van der Waals surface area contributed by atoms with E-state index in [1.165, 1.54) is 6.21 Å². The maximum absolute atomic E-state index is 7.32. The Morgan fingerprint density at radius 2 is 1.68 bits per heavy atom. The Balaban J connectivity index is 2.40. The van der Waals surface area contributed by atoms with Crippen LogP contribution in [-0.4, -0.2) is 24.5 Å². The van der Waals surface area contributed by atoms with E-state index in [9.17, 15) is 0 Å². The van der Waals surface area contributed by atoms with Crippen LogP contribution in [0.5, 0.6) is 0 Å². The molecule has 1 fully saturated rings. The molecule has 0 unspecified atom stereocenters. The molecule has 1 aliphatic heterocycles. The van der Waals surface area contributed by atoms with Crippen LogP contribution in [0.3, 0.4) is 0 Å². The van der Waals surface area contributed by atoms with Crippen molar-refractivity contribution in [2.24, 2.45) is 0 Å². The average Bonchev–Trinajstić information content (AvgIpc) is 2.50. The summed E-state index contributed by atoms with van der Waals surface area (Å²) in [6, 6.07) is 3.74. The fraction of sp³-hybridized carbons (Fsp3) is 0.500. The number of nitrogen functional groups attached to an aromatic ring is 1. The number of hydrogen-bond acceptors (Lipinski definition) is 4. The third-order valence-corrected chi connectivity index (χ3v) is 4.13. The SMILES string of the molecule is Cc1cc(C=N)c(N)cc1B1OC(C)(C)C(C)(C)O1. The second kappa shape index (κ2) is 4.35. The minimum Gasteiger partial charge on any atom is -0.399 e. The number of anilines is 1. The van der Waals surface area contributed by atoms with Crippen molar-refractivity contribution in [3.05, 3.63) is 23.3 Å². The monoisotopic (exact) mass is 260 g/mol. The Hall–Kier alpha value is -1.33. The molecule has 0 amide bonds. The first-order valence-electron chi connectivity index (χ1n) is 6.44. The second-order valence-electron chi connectivity index (χ2n) is 6.07. The summed E-state index contributed by atoms with van der Waals surface area (Å²) in [5.74, 6) is 0. The molecule has 1 heterocycles. The molecule has 4 nitrogen and oxygen atoms in total. The van der Waals surface area contributed by atoms with Gasteiger partial charge in [0.05, 0.1) is 11.2 Å². The zero-order chi connectivity index (χ0) is 14.4. The second-order valence-corrected chi connectivity index (χ2v) is 6.07. The average molecular weight is 260 g/mol. The number of aryl methyl sites for hydroxylation is 1. The van der Waals surface area contributed by atoms with Crippen molar-refractivity contribution in [2.45, 2.75) is 45.8 Å². The normalized spacial score (nSPS) is 20.6. The van der Waals surface area contributed by atoms with E-state index < -0.39 is 7.12 Å². The molecule has 1 aromatic rings. The van der Waals surface area contributed by atoms with Crippen LogP contribution in [0, 0.1) is 12.3 Å². The Morgan fingerprint density at radius 3 is 2.16 bits per heavy atom. The minimum absolute atomic E-state index is 0.362. The summed E-state index contributed by atoms with van der Waals surface area (Å²) in [5.41, 5.74) is 8.46. The summed E-state index contributed by atoms with van der Waals surface area (Å²) >= 11 is 0. The first kappa shape index (κ1) is 14.1. The maximum Gasteiger partial charge on any atom is 0.495 e. The molecule has 0 spiro atoms. The van der Waals surface area contributed by atoms with Crippen LogP contribution >= 0.6 is 0 Å². The van der Waals surface area contributed by atoms with Gasteiger partial charge in [0.1, 0.15) is 0 Å². The zero-order valence-electron chi connectivity index (χ0n) is 12.2. The number of benzene rings is 1. The van der Waals surface area contributed by atoms with Crippen molar-refractivity contribution in [1.29, 1.82) is 5.41 Å². The highest BCUT2D eigenvalue weighted by atomic mass is 16.7. The molecule has 0 radical (unpaired) electrons. The molecule has 102 valence electrons. The van der Waals surface area contributed by atoms with Crippen molar-refractivity contribution in [3.63, 3.8) is 0 Å². The number of nitrogens with two attached hydrogens (primary N) is 1. The predicted molar refractivity (Wildman–Crippen MR) is 79.2 cm³/mol. The molecule has 0 aliphatic carbocycles. The highest BCUT2D eigenvalue weighted by Gasteiger charge is 2.52. The fourth-order valence-electron chi connectivity index (χ4n) is 2.11. The van der Waals surface area contributed by atoms with Gasteiger partial charge in [-0.15, -0.1) is 0 Å². The van der Waals surface area contributed by atoms with Crippen LogP contribution in [0.2, 0.25) is 0 Å². The molecule has 19 heavy (non-hydrogen) atoms. The van der Waals surface area contributed by atoms with Crippen molar-refractivity contribution < 1.29 is 9.31 Å². The summed E-state index contributed by atoms with van der Waals surface area (Å²) in [5, 5.41) is 7.32. The lowest BCUT2D eigenvalue weighted by atomic mass is 9.75. The lowest BCUT2D eigenvalue weighted by Gasteiger charge is -2.32.